The second-order valence-corrected chi connectivity index (χ2v) is 12.0. The van der Waals surface area contributed by atoms with Gasteiger partial charge in [0, 0.05) is 31.1 Å². The molecule has 0 aliphatic rings. The van der Waals surface area contributed by atoms with Crippen molar-refractivity contribution in [1.82, 2.24) is 10.2 Å². The van der Waals surface area contributed by atoms with E-state index in [1.165, 1.54) is 23.1 Å². The SMILES string of the molecule is CC[C@@H](C)NC(=O)[C@H](Cc1ccccc1)N(Cc1ccc(C)cc1)C(=O)CN(c1cccc([N+](=O)[O-])c1)S(C)(=O)=O. The Kier molecular flexibility index (Phi) is 10.6. The number of non-ortho nitro benzene ring substituents is 1. The molecule has 0 radical (unpaired) electrons. The molecule has 0 heterocycles. The highest BCUT2D eigenvalue weighted by Gasteiger charge is 2.33. The summed E-state index contributed by atoms with van der Waals surface area (Å²) in [5.74, 6) is -0.979. The van der Waals surface area contributed by atoms with Crippen LogP contribution >= 0.6 is 0 Å². The molecule has 0 saturated heterocycles. The fourth-order valence-electron chi connectivity index (χ4n) is 4.26. The number of carbonyl (C=O) groups is 2. The molecule has 0 bridgehead atoms. The molecule has 3 rings (SSSR count). The summed E-state index contributed by atoms with van der Waals surface area (Å²) in [5.41, 5.74) is 2.29. The molecule has 0 fully saturated rings. The summed E-state index contributed by atoms with van der Waals surface area (Å²) in [7, 11) is -4.03. The van der Waals surface area contributed by atoms with Crippen molar-refractivity contribution in [3.8, 4) is 0 Å². The van der Waals surface area contributed by atoms with E-state index in [4.69, 9.17) is 0 Å². The highest BCUT2D eigenvalue weighted by atomic mass is 32.2. The summed E-state index contributed by atoms with van der Waals surface area (Å²) in [6, 6.07) is 20.8. The molecular weight excluding hydrogens is 544 g/mol. The number of hydrogen-bond acceptors (Lipinski definition) is 6. The van der Waals surface area contributed by atoms with Crippen LogP contribution in [0, 0.1) is 17.0 Å². The third-order valence-corrected chi connectivity index (χ3v) is 7.89. The van der Waals surface area contributed by atoms with E-state index in [1.807, 2.05) is 75.4 Å². The molecule has 2 amide bonds. The standard InChI is InChI=1S/C30H36N4O6S/c1-5-23(3)31-30(36)28(18-24-10-7-6-8-11-24)32(20-25-16-14-22(2)15-17-25)29(35)21-33(41(4,39)40)26-12-9-13-27(19-26)34(37)38/h6-17,19,23,28H,5,18,20-21H2,1-4H3,(H,31,36)/t23-,28+/m1/s1. The first-order chi connectivity index (χ1) is 19.4. The lowest BCUT2D eigenvalue weighted by Gasteiger charge is -2.34. The molecule has 0 saturated carbocycles. The lowest BCUT2D eigenvalue weighted by Crippen LogP contribution is -2.54. The number of hydrogen-bond donors (Lipinski definition) is 1. The van der Waals surface area contributed by atoms with Gasteiger partial charge < -0.3 is 10.2 Å². The Hall–Kier alpha value is -4.25. The molecule has 41 heavy (non-hydrogen) atoms. The fraction of sp³-hybridized carbons (Fsp3) is 0.333. The molecule has 0 unspecified atom stereocenters. The monoisotopic (exact) mass is 580 g/mol. The molecule has 3 aromatic rings. The van der Waals surface area contributed by atoms with Crippen LogP contribution in [0.3, 0.4) is 0 Å². The van der Waals surface area contributed by atoms with Crippen LogP contribution in [0.4, 0.5) is 11.4 Å². The summed E-state index contributed by atoms with van der Waals surface area (Å²) in [6.45, 7) is 5.16. The lowest BCUT2D eigenvalue weighted by molar-refractivity contribution is -0.384. The van der Waals surface area contributed by atoms with E-state index in [9.17, 15) is 28.1 Å². The summed E-state index contributed by atoms with van der Waals surface area (Å²) in [5, 5.41) is 14.3. The number of carbonyl (C=O) groups excluding carboxylic acids is 2. The third kappa shape index (κ3) is 8.87. The van der Waals surface area contributed by atoms with Crippen LogP contribution in [0.5, 0.6) is 0 Å². The number of nitrogens with one attached hydrogen (secondary N) is 1. The zero-order chi connectivity index (χ0) is 30.2. The van der Waals surface area contributed by atoms with Crippen molar-refractivity contribution in [1.29, 1.82) is 0 Å². The van der Waals surface area contributed by atoms with Crippen LogP contribution in [0.15, 0.2) is 78.9 Å². The zero-order valence-corrected chi connectivity index (χ0v) is 24.5. The van der Waals surface area contributed by atoms with Crippen LogP contribution < -0.4 is 9.62 Å². The normalized spacial score (nSPS) is 12.7. The molecule has 11 heteroatoms. The smallest absolute Gasteiger partial charge is 0.271 e. The number of amides is 2. The molecule has 0 aliphatic carbocycles. The first kappa shape index (κ1) is 31.3. The number of aryl methyl sites for hydroxylation is 1. The van der Waals surface area contributed by atoms with Gasteiger partial charge in [-0.05, 0) is 37.5 Å². The van der Waals surface area contributed by atoms with Gasteiger partial charge >= 0.3 is 0 Å². The van der Waals surface area contributed by atoms with Crippen molar-refractivity contribution in [3.63, 3.8) is 0 Å². The van der Waals surface area contributed by atoms with Gasteiger partial charge in [-0.2, -0.15) is 0 Å². The topological polar surface area (TPSA) is 130 Å². The zero-order valence-electron chi connectivity index (χ0n) is 23.7. The summed E-state index contributed by atoms with van der Waals surface area (Å²) in [4.78, 5) is 39.8. The third-order valence-electron chi connectivity index (χ3n) is 6.75. The molecule has 0 spiro atoms. The fourth-order valence-corrected chi connectivity index (χ4v) is 5.10. The number of nitro benzene ring substituents is 1. The number of benzene rings is 3. The van der Waals surface area contributed by atoms with E-state index in [2.05, 4.69) is 5.32 Å². The van der Waals surface area contributed by atoms with Gasteiger partial charge in [0.25, 0.3) is 5.69 Å². The highest BCUT2D eigenvalue weighted by molar-refractivity contribution is 7.92. The molecule has 218 valence electrons. The minimum Gasteiger partial charge on any atom is -0.352 e. The van der Waals surface area contributed by atoms with Crippen LogP contribution in [0.2, 0.25) is 0 Å². The maximum Gasteiger partial charge on any atom is 0.271 e. The molecule has 0 aliphatic heterocycles. The Morgan fingerprint density at radius 3 is 2.22 bits per heavy atom. The second-order valence-electron chi connectivity index (χ2n) is 10.1. The van der Waals surface area contributed by atoms with Gasteiger partial charge in [0.2, 0.25) is 21.8 Å². The Morgan fingerprint density at radius 2 is 1.63 bits per heavy atom. The van der Waals surface area contributed by atoms with Crippen LogP contribution in [0.25, 0.3) is 0 Å². The largest absolute Gasteiger partial charge is 0.352 e. The molecule has 1 N–H and O–H groups in total. The highest BCUT2D eigenvalue weighted by Crippen LogP contribution is 2.24. The predicted molar refractivity (Wildman–Crippen MR) is 159 cm³/mol. The van der Waals surface area contributed by atoms with Crippen molar-refractivity contribution in [2.45, 2.75) is 52.2 Å². The predicted octanol–water partition coefficient (Wildman–Crippen LogP) is 4.22. The van der Waals surface area contributed by atoms with Crippen molar-refractivity contribution in [2.24, 2.45) is 0 Å². The van der Waals surface area contributed by atoms with Gasteiger partial charge in [-0.3, -0.25) is 24.0 Å². The minimum absolute atomic E-state index is 0.0194. The van der Waals surface area contributed by atoms with E-state index >= 15 is 0 Å². The van der Waals surface area contributed by atoms with E-state index in [1.54, 1.807) is 0 Å². The van der Waals surface area contributed by atoms with Crippen molar-refractivity contribution in [2.75, 3.05) is 17.1 Å². The quantitative estimate of drug-likeness (QED) is 0.238. The summed E-state index contributed by atoms with van der Waals surface area (Å²) >= 11 is 0. The van der Waals surface area contributed by atoms with Crippen molar-refractivity contribution in [3.05, 3.63) is 106 Å². The number of sulfonamides is 1. The molecule has 10 nitrogen and oxygen atoms in total. The Balaban J connectivity index is 2.07. The van der Waals surface area contributed by atoms with Crippen molar-refractivity contribution >= 4 is 33.2 Å². The first-order valence-corrected chi connectivity index (χ1v) is 15.1. The number of rotatable bonds is 13. The molecule has 0 aromatic heterocycles. The average molecular weight is 581 g/mol. The maximum absolute atomic E-state index is 14.1. The van der Waals surface area contributed by atoms with E-state index < -0.39 is 33.4 Å². The number of nitrogens with zero attached hydrogens (tertiary/aromatic N) is 3. The van der Waals surface area contributed by atoms with E-state index in [0.717, 1.165) is 33.3 Å². The maximum atomic E-state index is 14.1. The van der Waals surface area contributed by atoms with E-state index in [-0.39, 0.29) is 36.3 Å². The van der Waals surface area contributed by atoms with Gasteiger partial charge in [-0.15, -0.1) is 0 Å². The Morgan fingerprint density at radius 1 is 0.976 bits per heavy atom. The lowest BCUT2D eigenvalue weighted by atomic mass is 10.0. The minimum atomic E-state index is -4.03. The summed E-state index contributed by atoms with van der Waals surface area (Å²) < 4.78 is 26.5. The van der Waals surface area contributed by atoms with Crippen molar-refractivity contribution < 1.29 is 22.9 Å². The Labute approximate surface area is 241 Å². The van der Waals surface area contributed by atoms with Gasteiger partial charge in [0.1, 0.15) is 12.6 Å². The molecule has 2 atom stereocenters. The number of nitro groups is 1. The number of anilines is 1. The molecular formula is C30H36N4O6S. The average Bonchev–Trinajstić information content (AvgIpc) is 2.94. The Bertz CT molecular complexity index is 1460. The van der Waals surface area contributed by atoms with Crippen LogP contribution in [0.1, 0.15) is 37.0 Å². The van der Waals surface area contributed by atoms with Gasteiger partial charge in [-0.25, -0.2) is 8.42 Å². The van der Waals surface area contributed by atoms with E-state index in [0.29, 0.717) is 6.42 Å². The summed E-state index contributed by atoms with van der Waals surface area (Å²) in [6.07, 6.45) is 1.82. The van der Waals surface area contributed by atoms with Gasteiger partial charge in [-0.1, -0.05) is 73.2 Å². The second kappa shape index (κ2) is 13.9. The van der Waals surface area contributed by atoms with Crippen LogP contribution in [-0.4, -0.2) is 54.9 Å². The first-order valence-electron chi connectivity index (χ1n) is 13.3. The molecule has 3 aromatic carbocycles. The van der Waals surface area contributed by atoms with Gasteiger partial charge in [0.15, 0.2) is 0 Å². The van der Waals surface area contributed by atoms with Gasteiger partial charge in [0.05, 0.1) is 16.9 Å². The van der Waals surface area contributed by atoms with Crippen LogP contribution in [-0.2, 0) is 32.6 Å².